The van der Waals surface area contributed by atoms with E-state index in [4.69, 9.17) is 0 Å². The van der Waals surface area contributed by atoms with E-state index in [1.807, 2.05) is 30.3 Å². The van der Waals surface area contributed by atoms with Gasteiger partial charge in [0.2, 0.25) is 0 Å². The predicted molar refractivity (Wildman–Crippen MR) is 137 cm³/mol. The summed E-state index contributed by atoms with van der Waals surface area (Å²) in [5, 5.41) is 16.7. The Labute approximate surface area is 217 Å². The number of nitrogens with one attached hydrogen (secondary N) is 2. The Hall–Kier alpha value is -4.66. The van der Waals surface area contributed by atoms with Gasteiger partial charge in [0.25, 0.3) is 11.6 Å². The number of carbonyl (C=O) groups is 2. The molecule has 1 aliphatic carbocycles. The summed E-state index contributed by atoms with van der Waals surface area (Å²) >= 11 is 0. The van der Waals surface area contributed by atoms with Gasteiger partial charge >= 0.3 is 0 Å². The fourth-order valence-electron chi connectivity index (χ4n) is 5.22. The molecule has 0 aromatic heterocycles. The molecule has 2 N–H and O–H groups in total. The quantitative estimate of drug-likeness (QED) is 0.327. The molecule has 0 bridgehead atoms. The number of allylic oxidation sites excluding steroid dienone is 3. The first-order chi connectivity index (χ1) is 18.2. The standard InChI is InChI=1S/C29H23F2N3O4/c1-16-25(29(36)33-28-21(30)8-5-9-22(28)31)26(18-10-12-20(13-11-18)34(37)38)27-23(32-16)14-19(15-24(27)35)17-6-3-2-4-7-17/h2-13,19,26,32H,14-15H2,1H3,(H,33,36). The number of nitro benzene ring substituents is 1. The van der Waals surface area contributed by atoms with Gasteiger partial charge in [-0.2, -0.15) is 0 Å². The average molecular weight is 516 g/mol. The number of dihydropyridines is 1. The third kappa shape index (κ3) is 4.58. The van der Waals surface area contributed by atoms with E-state index in [1.54, 1.807) is 6.92 Å². The lowest BCUT2D eigenvalue weighted by Crippen LogP contribution is -2.37. The number of para-hydroxylation sites is 1. The molecule has 1 amide bonds. The Morgan fingerprint density at radius 2 is 1.61 bits per heavy atom. The van der Waals surface area contributed by atoms with Crippen molar-refractivity contribution in [2.24, 2.45) is 0 Å². The molecule has 2 aliphatic rings. The number of halogens is 2. The number of benzene rings is 3. The van der Waals surface area contributed by atoms with Crippen molar-refractivity contribution >= 4 is 23.1 Å². The van der Waals surface area contributed by atoms with E-state index in [0.29, 0.717) is 29.0 Å². The van der Waals surface area contributed by atoms with Crippen molar-refractivity contribution in [2.75, 3.05) is 5.32 Å². The molecule has 3 aromatic rings. The third-order valence-electron chi connectivity index (χ3n) is 6.98. The van der Waals surface area contributed by atoms with E-state index in [0.717, 1.165) is 17.7 Å². The lowest BCUT2D eigenvalue weighted by Gasteiger charge is -2.37. The molecule has 0 radical (unpaired) electrons. The fraction of sp³-hybridized carbons (Fsp3) is 0.172. The molecule has 1 aliphatic heterocycles. The van der Waals surface area contributed by atoms with Crippen molar-refractivity contribution in [2.45, 2.75) is 31.6 Å². The van der Waals surface area contributed by atoms with Gasteiger partial charge in [-0.1, -0.05) is 48.5 Å². The molecule has 3 aromatic carbocycles. The number of amides is 1. The molecule has 0 fully saturated rings. The number of carbonyl (C=O) groups excluding carboxylic acids is 2. The van der Waals surface area contributed by atoms with Crippen LogP contribution in [0.15, 0.2) is 95.3 Å². The molecule has 192 valence electrons. The Balaban J connectivity index is 1.59. The molecule has 38 heavy (non-hydrogen) atoms. The molecule has 0 saturated heterocycles. The first kappa shape index (κ1) is 25.0. The second-order valence-corrected chi connectivity index (χ2v) is 9.33. The first-order valence-electron chi connectivity index (χ1n) is 12.0. The minimum Gasteiger partial charge on any atom is -0.362 e. The maximum atomic E-state index is 14.3. The normalized spacial score (nSPS) is 19.1. The van der Waals surface area contributed by atoms with Gasteiger partial charge in [-0.25, -0.2) is 8.78 Å². The molecular weight excluding hydrogens is 492 g/mol. The van der Waals surface area contributed by atoms with Crippen LogP contribution in [0.25, 0.3) is 0 Å². The van der Waals surface area contributed by atoms with Gasteiger partial charge in [0.05, 0.1) is 4.92 Å². The monoisotopic (exact) mass is 515 g/mol. The van der Waals surface area contributed by atoms with Crippen molar-refractivity contribution < 1.29 is 23.3 Å². The second-order valence-electron chi connectivity index (χ2n) is 9.33. The Morgan fingerprint density at radius 3 is 2.24 bits per heavy atom. The molecule has 5 rings (SSSR count). The maximum Gasteiger partial charge on any atom is 0.269 e. The zero-order chi connectivity index (χ0) is 27.0. The summed E-state index contributed by atoms with van der Waals surface area (Å²) < 4.78 is 28.7. The van der Waals surface area contributed by atoms with Crippen molar-refractivity contribution in [3.63, 3.8) is 0 Å². The molecule has 9 heteroatoms. The van der Waals surface area contributed by atoms with E-state index in [2.05, 4.69) is 10.6 Å². The van der Waals surface area contributed by atoms with E-state index in [-0.39, 0.29) is 29.4 Å². The minimum atomic E-state index is -0.938. The van der Waals surface area contributed by atoms with Gasteiger partial charge in [-0.3, -0.25) is 19.7 Å². The molecule has 7 nitrogen and oxygen atoms in total. The summed E-state index contributed by atoms with van der Waals surface area (Å²) in [6.07, 6.45) is 0.729. The Morgan fingerprint density at radius 1 is 0.947 bits per heavy atom. The summed E-state index contributed by atoms with van der Waals surface area (Å²) in [6.45, 7) is 1.66. The van der Waals surface area contributed by atoms with Crippen LogP contribution in [0, 0.1) is 21.7 Å². The summed E-state index contributed by atoms with van der Waals surface area (Å²) in [4.78, 5) is 37.8. The van der Waals surface area contributed by atoms with Crippen molar-refractivity contribution in [1.29, 1.82) is 0 Å². The number of nitrogens with zero attached hydrogens (tertiary/aromatic N) is 1. The van der Waals surface area contributed by atoms with Crippen LogP contribution in [0.4, 0.5) is 20.2 Å². The summed E-state index contributed by atoms with van der Waals surface area (Å²) in [6, 6.07) is 18.5. The van der Waals surface area contributed by atoms with Crippen LogP contribution in [-0.2, 0) is 9.59 Å². The molecule has 2 atom stereocenters. The molecule has 0 saturated carbocycles. The molecule has 1 heterocycles. The number of hydrogen-bond acceptors (Lipinski definition) is 5. The Kier molecular flexibility index (Phi) is 6.59. The zero-order valence-corrected chi connectivity index (χ0v) is 20.3. The van der Waals surface area contributed by atoms with Gasteiger partial charge in [-0.05, 0) is 42.5 Å². The van der Waals surface area contributed by atoms with Crippen LogP contribution in [0.3, 0.4) is 0 Å². The van der Waals surface area contributed by atoms with Gasteiger partial charge < -0.3 is 10.6 Å². The SMILES string of the molecule is CC1=C(C(=O)Nc2c(F)cccc2F)C(c2ccc([N+](=O)[O-])cc2)C2=C(CC(c3ccccc3)CC2=O)N1. The number of ketones is 1. The molecular formula is C29H23F2N3O4. The number of hydrogen-bond donors (Lipinski definition) is 2. The molecule has 0 spiro atoms. The van der Waals surface area contributed by atoms with Crippen molar-refractivity contribution in [1.82, 2.24) is 5.32 Å². The van der Waals surface area contributed by atoms with E-state index in [1.165, 1.54) is 30.3 Å². The third-order valence-corrected chi connectivity index (χ3v) is 6.98. The van der Waals surface area contributed by atoms with E-state index >= 15 is 0 Å². The second kappa shape index (κ2) is 10.0. The summed E-state index contributed by atoms with van der Waals surface area (Å²) in [7, 11) is 0. The summed E-state index contributed by atoms with van der Waals surface area (Å²) in [5.41, 5.74) is 2.31. The maximum absolute atomic E-state index is 14.3. The van der Waals surface area contributed by atoms with Crippen molar-refractivity contribution in [3.8, 4) is 0 Å². The van der Waals surface area contributed by atoms with Crippen molar-refractivity contribution in [3.05, 3.63) is 128 Å². The molecule has 2 unspecified atom stereocenters. The van der Waals surface area contributed by atoms with Crippen LogP contribution >= 0.6 is 0 Å². The minimum absolute atomic E-state index is 0.0665. The van der Waals surface area contributed by atoms with Crippen LogP contribution in [0.5, 0.6) is 0 Å². The average Bonchev–Trinajstić information content (AvgIpc) is 2.90. The Bertz CT molecular complexity index is 1490. The highest BCUT2D eigenvalue weighted by atomic mass is 19.1. The topological polar surface area (TPSA) is 101 Å². The highest BCUT2D eigenvalue weighted by Crippen LogP contribution is 2.46. The highest BCUT2D eigenvalue weighted by Gasteiger charge is 2.41. The lowest BCUT2D eigenvalue weighted by molar-refractivity contribution is -0.384. The lowest BCUT2D eigenvalue weighted by atomic mass is 9.71. The van der Waals surface area contributed by atoms with E-state index in [9.17, 15) is 28.5 Å². The predicted octanol–water partition coefficient (Wildman–Crippen LogP) is 5.87. The first-order valence-corrected chi connectivity index (χ1v) is 12.0. The number of nitro groups is 1. The van der Waals surface area contributed by atoms with Crippen LogP contribution in [-0.4, -0.2) is 16.6 Å². The van der Waals surface area contributed by atoms with E-state index < -0.39 is 34.1 Å². The van der Waals surface area contributed by atoms with Gasteiger partial charge in [-0.15, -0.1) is 0 Å². The van der Waals surface area contributed by atoms with Gasteiger partial charge in [0.1, 0.15) is 17.3 Å². The largest absolute Gasteiger partial charge is 0.362 e. The van der Waals surface area contributed by atoms with Crippen LogP contribution in [0.1, 0.15) is 42.7 Å². The smallest absolute Gasteiger partial charge is 0.269 e. The highest BCUT2D eigenvalue weighted by molar-refractivity contribution is 6.10. The van der Waals surface area contributed by atoms with Crippen LogP contribution in [0.2, 0.25) is 0 Å². The van der Waals surface area contributed by atoms with Crippen LogP contribution < -0.4 is 10.6 Å². The van der Waals surface area contributed by atoms with Gasteiger partial charge in [0.15, 0.2) is 5.78 Å². The number of rotatable bonds is 5. The number of non-ortho nitro benzene ring substituents is 1. The van der Waals surface area contributed by atoms with Gasteiger partial charge in [0, 0.05) is 47.0 Å². The number of anilines is 1. The number of Topliss-reactive ketones (excluding diaryl/α,β-unsaturated/α-hetero) is 1. The fourth-order valence-corrected chi connectivity index (χ4v) is 5.22. The zero-order valence-electron chi connectivity index (χ0n) is 20.3. The summed E-state index contributed by atoms with van der Waals surface area (Å²) in [5.74, 6) is -3.79.